The van der Waals surface area contributed by atoms with E-state index in [4.69, 9.17) is 23.2 Å². The summed E-state index contributed by atoms with van der Waals surface area (Å²) < 4.78 is 29.4. The van der Waals surface area contributed by atoms with Crippen LogP contribution < -0.4 is 9.62 Å². The van der Waals surface area contributed by atoms with Crippen molar-refractivity contribution in [3.63, 3.8) is 0 Å². The summed E-state index contributed by atoms with van der Waals surface area (Å²) in [6, 6.07) is 28.2. The Morgan fingerprint density at radius 1 is 0.800 bits per heavy atom. The molecule has 2 amide bonds. The van der Waals surface area contributed by atoms with Crippen LogP contribution in [-0.2, 0) is 32.6 Å². The van der Waals surface area contributed by atoms with E-state index >= 15 is 0 Å². The molecule has 1 N–H and O–H groups in total. The number of amides is 2. The monoisotopic (exact) mass is 665 g/mol. The lowest BCUT2D eigenvalue weighted by atomic mass is 10.0. The van der Waals surface area contributed by atoms with E-state index in [2.05, 4.69) is 5.32 Å². The molecular formula is C35H37Cl2N3O4S. The fourth-order valence-corrected chi connectivity index (χ4v) is 6.60. The van der Waals surface area contributed by atoms with E-state index in [1.807, 2.05) is 44.2 Å². The number of nitrogens with one attached hydrogen (secondary N) is 1. The van der Waals surface area contributed by atoms with Crippen LogP contribution in [0.4, 0.5) is 5.69 Å². The van der Waals surface area contributed by atoms with Gasteiger partial charge >= 0.3 is 0 Å². The third kappa shape index (κ3) is 8.87. The minimum Gasteiger partial charge on any atom is -0.352 e. The summed E-state index contributed by atoms with van der Waals surface area (Å²) >= 11 is 12.2. The predicted octanol–water partition coefficient (Wildman–Crippen LogP) is 7.05. The summed E-state index contributed by atoms with van der Waals surface area (Å²) in [5.41, 5.74) is 2.63. The molecule has 7 nitrogen and oxygen atoms in total. The van der Waals surface area contributed by atoms with Crippen molar-refractivity contribution >= 4 is 50.7 Å². The lowest BCUT2D eigenvalue weighted by Crippen LogP contribution is -2.54. The zero-order valence-electron chi connectivity index (χ0n) is 25.5. The number of para-hydroxylation sites is 1. The van der Waals surface area contributed by atoms with Crippen LogP contribution in [-0.4, -0.2) is 43.8 Å². The van der Waals surface area contributed by atoms with Gasteiger partial charge < -0.3 is 10.2 Å². The first-order valence-electron chi connectivity index (χ1n) is 14.7. The first kappa shape index (κ1) is 34.0. The van der Waals surface area contributed by atoms with E-state index in [1.165, 1.54) is 29.2 Å². The van der Waals surface area contributed by atoms with Crippen LogP contribution in [0.2, 0.25) is 10.0 Å². The number of halogens is 2. The average Bonchev–Trinajstić information content (AvgIpc) is 3.03. The molecule has 4 aromatic carbocycles. The van der Waals surface area contributed by atoms with Crippen molar-refractivity contribution in [2.45, 2.75) is 57.1 Å². The van der Waals surface area contributed by atoms with Gasteiger partial charge in [0.2, 0.25) is 11.8 Å². The molecule has 2 atom stereocenters. The molecular weight excluding hydrogens is 629 g/mol. The molecule has 0 bridgehead atoms. The second-order valence-electron chi connectivity index (χ2n) is 10.9. The lowest BCUT2D eigenvalue weighted by molar-refractivity contribution is -0.140. The normalized spacial score (nSPS) is 12.6. The number of sulfonamides is 1. The summed E-state index contributed by atoms with van der Waals surface area (Å²) in [7, 11) is -4.22. The topological polar surface area (TPSA) is 86.8 Å². The predicted molar refractivity (Wildman–Crippen MR) is 181 cm³/mol. The molecule has 0 aliphatic heterocycles. The van der Waals surface area contributed by atoms with E-state index in [-0.39, 0.29) is 29.8 Å². The Balaban J connectivity index is 1.81. The van der Waals surface area contributed by atoms with E-state index < -0.39 is 28.5 Å². The highest BCUT2D eigenvalue weighted by Crippen LogP contribution is 2.28. The minimum atomic E-state index is -4.22. The molecule has 45 heavy (non-hydrogen) atoms. The zero-order valence-corrected chi connectivity index (χ0v) is 27.8. The molecule has 0 aliphatic carbocycles. The number of anilines is 1. The highest BCUT2D eigenvalue weighted by atomic mass is 35.5. The summed E-state index contributed by atoms with van der Waals surface area (Å²) in [4.78, 5) is 29.9. The average molecular weight is 667 g/mol. The Morgan fingerprint density at radius 3 is 1.98 bits per heavy atom. The summed E-state index contributed by atoms with van der Waals surface area (Å²) in [5.74, 6) is -0.857. The number of carbonyl (C=O) groups excluding carboxylic acids is 2. The van der Waals surface area contributed by atoms with Crippen LogP contribution in [0.25, 0.3) is 0 Å². The molecule has 0 fully saturated rings. The van der Waals surface area contributed by atoms with Crippen molar-refractivity contribution in [1.82, 2.24) is 10.2 Å². The van der Waals surface area contributed by atoms with Crippen molar-refractivity contribution in [2.75, 3.05) is 10.8 Å². The van der Waals surface area contributed by atoms with Gasteiger partial charge in [0, 0.05) is 29.1 Å². The lowest BCUT2D eigenvalue weighted by Gasteiger charge is -2.34. The summed E-state index contributed by atoms with van der Waals surface area (Å²) in [5, 5.41) is 3.96. The largest absolute Gasteiger partial charge is 0.352 e. The van der Waals surface area contributed by atoms with Crippen molar-refractivity contribution in [2.24, 2.45) is 0 Å². The second kappa shape index (κ2) is 15.4. The molecule has 0 heterocycles. The van der Waals surface area contributed by atoms with Gasteiger partial charge in [-0.25, -0.2) is 8.42 Å². The fraction of sp³-hybridized carbons (Fsp3) is 0.257. The van der Waals surface area contributed by atoms with Gasteiger partial charge in [-0.1, -0.05) is 90.8 Å². The third-order valence-electron chi connectivity index (χ3n) is 7.60. The molecule has 0 spiro atoms. The molecule has 0 aromatic heterocycles. The zero-order chi connectivity index (χ0) is 32.6. The Labute approximate surface area is 275 Å². The molecule has 0 radical (unpaired) electrons. The van der Waals surface area contributed by atoms with Crippen molar-refractivity contribution < 1.29 is 18.0 Å². The summed E-state index contributed by atoms with van der Waals surface area (Å²) in [6.07, 6.45) is 0.937. The molecule has 4 aromatic rings. The Morgan fingerprint density at radius 2 is 1.38 bits per heavy atom. The third-order valence-corrected chi connectivity index (χ3v) is 9.88. The van der Waals surface area contributed by atoms with Crippen LogP contribution in [0.15, 0.2) is 108 Å². The van der Waals surface area contributed by atoms with Gasteiger partial charge in [0.1, 0.15) is 12.6 Å². The van der Waals surface area contributed by atoms with Crippen LogP contribution in [0.1, 0.15) is 37.0 Å². The molecule has 236 valence electrons. The Kier molecular flexibility index (Phi) is 11.7. The van der Waals surface area contributed by atoms with E-state index in [0.29, 0.717) is 27.7 Å². The van der Waals surface area contributed by atoms with E-state index in [1.54, 1.807) is 55.5 Å². The highest BCUT2D eigenvalue weighted by molar-refractivity contribution is 7.92. The fourth-order valence-electron chi connectivity index (χ4n) is 4.87. The molecule has 4 rings (SSSR count). The number of hydrogen-bond acceptors (Lipinski definition) is 4. The smallest absolute Gasteiger partial charge is 0.264 e. The van der Waals surface area contributed by atoms with Crippen LogP contribution in [0.5, 0.6) is 0 Å². The maximum Gasteiger partial charge on any atom is 0.264 e. The van der Waals surface area contributed by atoms with Gasteiger partial charge in [-0.15, -0.1) is 0 Å². The maximum atomic E-state index is 14.5. The van der Waals surface area contributed by atoms with Crippen LogP contribution in [0.3, 0.4) is 0 Å². The van der Waals surface area contributed by atoms with Crippen molar-refractivity contribution in [3.05, 3.63) is 130 Å². The number of benzene rings is 4. The van der Waals surface area contributed by atoms with Crippen molar-refractivity contribution in [3.8, 4) is 0 Å². The summed E-state index contributed by atoms with van der Waals surface area (Å²) in [6.45, 7) is 5.18. The van der Waals surface area contributed by atoms with Gasteiger partial charge in [0.25, 0.3) is 10.0 Å². The molecule has 0 aliphatic rings. The SMILES string of the molecule is CC[C@H](C)NC(=O)[C@H](Cc1ccccc1)N(Cc1ccc(Cl)cc1)C(=O)CN(c1ccccc1C)S(=O)(=O)c1ccc(Cl)cc1. The molecule has 0 saturated heterocycles. The second-order valence-corrected chi connectivity index (χ2v) is 13.7. The van der Waals surface area contributed by atoms with Gasteiger partial charge in [-0.2, -0.15) is 0 Å². The van der Waals surface area contributed by atoms with Crippen LogP contribution >= 0.6 is 23.2 Å². The van der Waals surface area contributed by atoms with Gasteiger partial charge in [-0.05, 0) is 79.4 Å². The van der Waals surface area contributed by atoms with Gasteiger partial charge in [0.05, 0.1) is 10.6 Å². The number of aryl methyl sites for hydroxylation is 1. The molecule has 10 heteroatoms. The maximum absolute atomic E-state index is 14.5. The highest BCUT2D eigenvalue weighted by Gasteiger charge is 2.35. The first-order chi connectivity index (χ1) is 21.5. The standard InChI is InChI=1S/C35H37Cl2N3O4S/c1-4-26(3)38-35(42)33(22-27-11-6-5-7-12-27)39(23-28-14-16-29(36)17-15-28)34(41)24-40(32-13-9-8-10-25(32)2)45(43,44)31-20-18-30(37)19-21-31/h5-21,26,33H,4,22-24H2,1-3H3,(H,38,42)/t26-,33-/m0/s1. The molecule has 0 unspecified atom stereocenters. The number of hydrogen-bond donors (Lipinski definition) is 1. The number of nitrogens with zero attached hydrogens (tertiary/aromatic N) is 2. The van der Waals surface area contributed by atoms with E-state index in [0.717, 1.165) is 15.4 Å². The van der Waals surface area contributed by atoms with Crippen molar-refractivity contribution in [1.29, 1.82) is 0 Å². The van der Waals surface area contributed by atoms with Gasteiger partial charge in [0.15, 0.2) is 0 Å². The first-order valence-corrected chi connectivity index (χ1v) is 16.9. The van der Waals surface area contributed by atoms with Gasteiger partial charge in [-0.3, -0.25) is 13.9 Å². The quantitative estimate of drug-likeness (QED) is 0.166. The van der Waals surface area contributed by atoms with E-state index in [9.17, 15) is 18.0 Å². The number of rotatable bonds is 13. The minimum absolute atomic E-state index is 0.0115. The molecule has 0 saturated carbocycles. The Bertz CT molecular complexity index is 1700. The van der Waals surface area contributed by atoms with Crippen LogP contribution in [0, 0.1) is 6.92 Å². The number of carbonyl (C=O) groups is 2. The Hall–Kier alpha value is -3.85.